The van der Waals surface area contributed by atoms with Crippen molar-refractivity contribution >= 4 is 7.82 Å². The molecule has 0 aromatic rings. The molecule has 0 aliphatic heterocycles. The van der Waals surface area contributed by atoms with Crippen molar-refractivity contribution < 1.29 is 87.8 Å². The molecule has 0 aliphatic rings. The van der Waals surface area contributed by atoms with E-state index in [4.69, 9.17) is 4.74 Å². The molecular weight excluding hydrogens is 329 g/mol. The summed E-state index contributed by atoms with van der Waals surface area (Å²) in [5.74, 6) is 0. The van der Waals surface area contributed by atoms with Crippen molar-refractivity contribution in [1.82, 2.24) is 0 Å². The molecule has 0 fully saturated rings. The Hall–Kier alpha value is 2.03. The average Bonchev–Trinajstić information content (AvgIpc) is 2.37. The standard InChI is InChI=1S/C13H29O6P.2Na/c1-3-5-7-9-12(19-20(15,16)17)13(11-14)18-10-8-6-4-2;;/h12-14H,3-11H2,1-2H3,(H2,15,16,17);;/q;2*+1/p-2/t12?,13-;;/m0../s1. The summed E-state index contributed by atoms with van der Waals surface area (Å²) >= 11 is 0. The summed E-state index contributed by atoms with van der Waals surface area (Å²) in [6.45, 7) is 4.15. The van der Waals surface area contributed by atoms with Gasteiger partial charge in [-0.3, -0.25) is 0 Å². The van der Waals surface area contributed by atoms with Crippen LogP contribution < -0.4 is 68.9 Å². The Labute approximate surface area is 178 Å². The molecule has 0 amide bonds. The summed E-state index contributed by atoms with van der Waals surface area (Å²) in [5, 5.41) is 9.31. The molecule has 6 nitrogen and oxygen atoms in total. The summed E-state index contributed by atoms with van der Waals surface area (Å²) < 4.78 is 20.8. The van der Waals surface area contributed by atoms with Crippen molar-refractivity contribution in [1.29, 1.82) is 0 Å². The van der Waals surface area contributed by atoms with E-state index in [2.05, 4.69) is 11.4 Å². The van der Waals surface area contributed by atoms with Gasteiger partial charge >= 0.3 is 59.1 Å². The topological polar surface area (TPSA) is 102 Å². The summed E-state index contributed by atoms with van der Waals surface area (Å²) in [5.41, 5.74) is 0. The van der Waals surface area contributed by atoms with E-state index >= 15 is 0 Å². The van der Waals surface area contributed by atoms with Gasteiger partial charge in [-0.15, -0.1) is 0 Å². The Balaban J connectivity index is -0.00000180. The van der Waals surface area contributed by atoms with E-state index in [0.717, 1.165) is 38.5 Å². The molecule has 0 rings (SSSR count). The van der Waals surface area contributed by atoms with E-state index in [0.29, 0.717) is 13.0 Å². The molecule has 0 bridgehead atoms. The number of ether oxygens (including phenoxy) is 1. The number of aliphatic hydroxyl groups is 1. The van der Waals surface area contributed by atoms with Gasteiger partial charge in [-0.1, -0.05) is 46.0 Å². The summed E-state index contributed by atoms with van der Waals surface area (Å²) in [4.78, 5) is 21.6. The minimum atomic E-state index is -5.07. The fourth-order valence-corrected chi connectivity index (χ4v) is 2.51. The van der Waals surface area contributed by atoms with Crippen LogP contribution in [-0.2, 0) is 13.8 Å². The molecule has 0 spiro atoms. The zero-order valence-corrected chi connectivity index (χ0v) is 19.3. The van der Waals surface area contributed by atoms with Crippen LogP contribution in [0.15, 0.2) is 0 Å². The number of rotatable bonds is 13. The monoisotopic (exact) mass is 356 g/mol. The fourth-order valence-electron chi connectivity index (χ4n) is 1.93. The maximum atomic E-state index is 10.8. The molecule has 0 heterocycles. The normalized spacial score (nSPS) is 13.9. The molecule has 1 unspecified atom stereocenters. The van der Waals surface area contributed by atoms with Crippen LogP contribution in [0.2, 0.25) is 0 Å². The van der Waals surface area contributed by atoms with Gasteiger partial charge in [-0.25, -0.2) is 0 Å². The maximum absolute atomic E-state index is 10.8. The molecule has 2 atom stereocenters. The van der Waals surface area contributed by atoms with Gasteiger partial charge in [-0.2, -0.15) is 0 Å². The smallest absolute Gasteiger partial charge is 0.790 e. The summed E-state index contributed by atoms with van der Waals surface area (Å²) in [6, 6.07) is 0. The van der Waals surface area contributed by atoms with Crippen LogP contribution in [0.25, 0.3) is 0 Å². The van der Waals surface area contributed by atoms with Crippen molar-refractivity contribution in [3.05, 3.63) is 0 Å². The Bertz CT molecular complexity index is 277. The molecule has 122 valence electrons. The zero-order valence-electron chi connectivity index (χ0n) is 14.5. The van der Waals surface area contributed by atoms with E-state index < -0.39 is 20.0 Å². The molecule has 0 radical (unpaired) electrons. The Kier molecular flexibility index (Phi) is 23.4. The van der Waals surface area contributed by atoms with Crippen LogP contribution in [0.5, 0.6) is 0 Å². The van der Waals surface area contributed by atoms with Gasteiger partial charge < -0.3 is 28.7 Å². The quantitative estimate of drug-likeness (QED) is 0.202. The number of hydrogen-bond acceptors (Lipinski definition) is 6. The largest absolute Gasteiger partial charge is 1.00 e. The van der Waals surface area contributed by atoms with Gasteiger partial charge in [0.2, 0.25) is 0 Å². The fraction of sp³-hybridized carbons (Fsp3) is 1.00. The SMILES string of the molecule is CCCCCO[C@@H](CO)C(CCCCC)OP(=O)([O-])[O-].[Na+].[Na+]. The Morgan fingerprint density at radius 1 is 1.00 bits per heavy atom. The van der Waals surface area contributed by atoms with E-state index in [1.807, 2.05) is 6.92 Å². The first-order chi connectivity index (χ1) is 9.44. The predicted octanol–water partition coefficient (Wildman–Crippen LogP) is -4.64. The first-order valence-corrected chi connectivity index (χ1v) is 8.83. The summed E-state index contributed by atoms with van der Waals surface area (Å²) in [7, 11) is -5.07. The van der Waals surface area contributed by atoms with Crippen LogP contribution in [0.3, 0.4) is 0 Å². The number of unbranched alkanes of at least 4 members (excludes halogenated alkanes) is 4. The van der Waals surface area contributed by atoms with E-state index in [9.17, 15) is 19.5 Å². The first-order valence-electron chi connectivity index (χ1n) is 7.37. The number of phosphoric acid groups is 1. The second-order valence-electron chi connectivity index (χ2n) is 4.89. The van der Waals surface area contributed by atoms with E-state index in [-0.39, 0.29) is 65.7 Å². The predicted molar refractivity (Wildman–Crippen MR) is 73.0 cm³/mol. The van der Waals surface area contributed by atoms with Crippen LogP contribution in [-0.4, -0.2) is 30.5 Å². The van der Waals surface area contributed by atoms with Crippen LogP contribution in [0.1, 0.15) is 58.8 Å². The first kappa shape index (κ1) is 28.8. The minimum Gasteiger partial charge on any atom is -0.790 e. The molecule has 9 heteroatoms. The molecule has 0 aliphatic carbocycles. The molecule has 0 aromatic carbocycles. The van der Waals surface area contributed by atoms with Crippen molar-refractivity contribution in [2.75, 3.05) is 13.2 Å². The number of phosphoric ester groups is 1. The van der Waals surface area contributed by atoms with Gasteiger partial charge in [0.25, 0.3) is 0 Å². The van der Waals surface area contributed by atoms with E-state index in [1.54, 1.807) is 0 Å². The molecular formula is C13H27Na2O6P. The van der Waals surface area contributed by atoms with E-state index in [1.165, 1.54) is 0 Å². The third-order valence-corrected chi connectivity index (χ3v) is 3.56. The van der Waals surface area contributed by atoms with Crippen LogP contribution in [0, 0.1) is 0 Å². The van der Waals surface area contributed by atoms with Gasteiger partial charge in [0.15, 0.2) is 0 Å². The second-order valence-corrected chi connectivity index (χ2v) is 5.99. The molecule has 22 heavy (non-hydrogen) atoms. The van der Waals surface area contributed by atoms with Gasteiger partial charge in [-0.05, 0) is 12.8 Å². The number of hydrogen-bond donors (Lipinski definition) is 1. The molecule has 0 saturated heterocycles. The van der Waals surface area contributed by atoms with Gasteiger partial charge in [0.1, 0.15) is 6.10 Å². The minimum absolute atomic E-state index is 0. The third-order valence-electron chi connectivity index (χ3n) is 3.03. The van der Waals surface area contributed by atoms with Crippen molar-refractivity contribution in [2.45, 2.75) is 71.0 Å². The second kappa shape index (κ2) is 17.8. The van der Waals surface area contributed by atoms with Crippen molar-refractivity contribution in [3.63, 3.8) is 0 Å². The van der Waals surface area contributed by atoms with Gasteiger partial charge in [0.05, 0.1) is 20.5 Å². The van der Waals surface area contributed by atoms with Crippen molar-refractivity contribution in [3.8, 4) is 0 Å². The Morgan fingerprint density at radius 3 is 2.00 bits per heavy atom. The summed E-state index contributed by atoms with van der Waals surface area (Å²) in [6.07, 6.45) is 4.23. The molecule has 0 aromatic heterocycles. The van der Waals surface area contributed by atoms with Crippen LogP contribution in [0.4, 0.5) is 0 Å². The molecule has 0 saturated carbocycles. The average molecular weight is 356 g/mol. The molecule has 1 N–H and O–H groups in total. The van der Waals surface area contributed by atoms with Crippen LogP contribution >= 0.6 is 7.82 Å². The number of aliphatic hydroxyl groups excluding tert-OH is 1. The van der Waals surface area contributed by atoms with Gasteiger partial charge in [0, 0.05) is 6.61 Å². The third kappa shape index (κ3) is 16.9. The maximum Gasteiger partial charge on any atom is 1.00 e. The Morgan fingerprint density at radius 2 is 1.55 bits per heavy atom. The zero-order chi connectivity index (χ0) is 15.4. The van der Waals surface area contributed by atoms with Crippen molar-refractivity contribution in [2.24, 2.45) is 0 Å².